The predicted octanol–water partition coefficient (Wildman–Crippen LogP) is 20.1. The summed E-state index contributed by atoms with van der Waals surface area (Å²) in [5, 5.41) is 10.6. The molecule has 0 aromatic carbocycles. The maximum atomic E-state index is 13.0. The molecule has 0 fully saturated rings. The van der Waals surface area contributed by atoms with Gasteiger partial charge in [-0.05, 0) is 31.6 Å². The second-order valence-corrected chi connectivity index (χ2v) is 28.7. The summed E-state index contributed by atoms with van der Waals surface area (Å²) >= 11 is 0. The van der Waals surface area contributed by atoms with Gasteiger partial charge in [0.2, 0.25) is 0 Å². The van der Waals surface area contributed by atoms with Gasteiger partial charge in [-0.15, -0.1) is 0 Å². The third-order valence-electron chi connectivity index (χ3n) is 16.3. The van der Waals surface area contributed by atoms with E-state index in [0.29, 0.717) is 25.7 Å². The Morgan fingerprint density at radius 1 is 0.303 bits per heavy atom. The highest BCUT2D eigenvalue weighted by Gasteiger charge is 2.30. The van der Waals surface area contributed by atoms with Gasteiger partial charge in [-0.25, -0.2) is 9.13 Å². The van der Waals surface area contributed by atoms with E-state index in [-0.39, 0.29) is 25.7 Å². The van der Waals surface area contributed by atoms with Crippen LogP contribution in [0, 0.1) is 5.92 Å². The van der Waals surface area contributed by atoms with Crippen molar-refractivity contribution in [3.63, 3.8) is 0 Å². The summed E-state index contributed by atoms with van der Waals surface area (Å²) in [4.78, 5) is 72.4. The number of carbonyl (C=O) groups is 4. The van der Waals surface area contributed by atoms with Gasteiger partial charge in [0.15, 0.2) is 12.2 Å². The molecule has 0 saturated heterocycles. The first-order chi connectivity index (χ1) is 43.0. The SMILES string of the molecule is CCCCCCCCCCCCCCCCCCCC(=O)O[C@H](COC(=O)CCCCCCCCCCCC(C)C)COP(=O)(O)OC[C@@H](O)COP(=O)(O)OC[C@@H](COC(=O)CCCCCCCCCC)OC(=O)CCCCCCCCCCCCCC. The third kappa shape index (κ3) is 64.6. The average Bonchev–Trinajstić information content (AvgIpc) is 3.64. The number of aliphatic hydroxyl groups excluding tert-OH is 1. The molecular weight excluding hydrogens is 1170 g/mol. The minimum Gasteiger partial charge on any atom is -0.462 e. The molecule has 528 valence electrons. The first-order valence-corrected chi connectivity index (χ1v) is 39.6. The molecule has 0 saturated carbocycles. The molecule has 0 rings (SSSR count). The molecule has 5 atom stereocenters. The van der Waals surface area contributed by atoms with E-state index in [2.05, 4.69) is 34.6 Å². The molecule has 89 heavy (non-hydrogen) atoms. The van der Waals surface area contributed by atoms with Crippen LogP contribution in [-0.2, 0) is 65.4 Å². The van der Waals surface area contributed by atoms with Crippen molar-refractivity contribution in [1.29, 1.82) is 0 Å². The number of rotatable bonds is 70. The molecule has 0 spiro atoms. The number of hydrogen-bond acceptors (Lipinski definition) is 15. The highest BCUT2D eigenvalue weighted by molar-refractivity contribution is 7.47. The lowest BCUT2D eigenvalue weighted by molar-refractivity contribution is -0.161. The van der Waals surface area contributed by atoms with E-state index in [9.17, 15) is 43.2 Å². The van der Waals surface area contributed by atoms with Crippen molar-refractivity contribution < 1.29 is 80.2 Å². The van der Waals surface area contributed by atoms with E-state index in [0.717, 1.165) is 102 Å². The van der Waals surface area contributed by atoms with E-state index < -0.39 is 97.5 Å². The van der Waals surface area contributed by atoms with Crippen LogP contribution < -0.4 is 0 Å². The normalized spacial score (nSPS) is 14.1. The molecule has 17 nitrogen and oxygen atoms in total. The van der Waals surface area contributed by atoms with Crippen LogP contribution in [0.25, 0.3) is 0 Å². The Morgan fingerprint density at radius 2 is 0.517 bits per heavy atom. The summed E-state index contributed by atoms with van der Waals surface area (Å²) in [6, 6.07) is 0. The summed E-state index contributed by atoms with van der Waals surface area (Å²) in [6.45, 7) is 7.21. The van der Waals surface area contributed by atoms with Gasteiger partial charge in [-0.3, -0.25) is 37.3 Å². The van der Waals surface area contributed by atoms with Crippen LogP contribution >= 0.6 is 15.6 Å². The lowest BCUT2D eigenvalue weighted by Gasteiger charge is -2.21. The monoisotopic (exact) mass is 1310 g/mol. The van der Waals surface area contributed by atoms with Gasteiger partial charge in [0.25, 0.3) is 0 Å². The molecule has 0 amide bonds. The molecular formula is C70H136O17P2. The van der Waals surface area contributed by atoms with Crippen LogP contribution in [0.5, 0.6) is 0 Å². The van der Waals surface area contributed by atoms with Crippen molar-refractivity contribution in [3.05, 3.63) is 0 Å². The number of hydrogen-bond donors (Lipinski definition) is 3. The number of ether oxygens (including phenoxy) is 4. The first kappa shape index (κ1) is 87.1. The van der Waals surface area contributed by atoms with Crippen molar-refractivity contribution >= 4 is 39.5 Å². The maximum Gasteiger partial charge on any atom is 0.472 e. The summed E-state index contributed by atoms with van der Waals surface area (Å²) in [7, 11) is -9.89. The Labute approximate surface area is 543 Å². The fourth-order valence-corrected chi connectivity index (χ4v) is 12.2. The molecule has 0 aliphatic carbocycles. The Morgan fingerprint density at radius 3 is 0.764 bits per heavy atom. The van der Waals surface area contributed by atoms with Gasteiger partial charge in [0, 0.05) is 25.7 Å². The lowest BCUT2D eigenvalue weighted by atomic mass is 10.0. The largest absolute Gasteiger partial charge is 0.472 e. The van der Waals surface area contributed by atoms with E-state index in [1.165, 1.54) is 180 Å². The summed E-state index contributed by atoms with van der Waals surface area (Å²) in [5.41, 5.74) is 0. The van der Waals surface area contributed by atoms with Crippen LogP contribution in [-0.4, -0.2) is 96.7 Å². The quantitative estimate of drug-likeness (QED) is 0.0222. The molecule has 3 N–H and O–H groups in total. The highest BCUT2D eigenvalue weighted by atomic mass is 31.2. The average molecular weight is 1310 g/mol. The van der Waals surface area contributed by atoms with Crippen LogP contribution in [0.2, 0.25) is 0 Å². The van der Waals surface area contributed by atoms with Crippen molar-refractivity contribution in [1.82, 2.24) is 0 Å². The minimum atomic E-state index is -4.95. The van der Waals surface area contributed by atoms with Gasteiger partial charge in [-0.1, -0.05) is 311 Å². The molecule has 19 heteroatoms. The van der Waals surface area contributed by atoms with E-state index in [1.807, 2.05) is 0 Å². The van der Waals surface area contributed by atoms with Crippen LogP contribution in [0.15, 0.2) is 0 Å². The van der Waals surface area contributed by atoms with E-state index in [1.54, 1.807) is 0 Å². The topological polar surface area (TPSA) is 237 Å². The van der Waals surface area contributed by atoms with Gasteiger partial charge in [0.05, 0.1) is 26.4 Å². The molecule has 0 aliphatic rings. The second-order valence-electron chi connectivity index (χ2n) is 25.7. The Kier molecular flexibility index (Phi) is 62.1. The minimum absolute atomic E-state index is 0.107. The Hall–Kier alpha value is -1.94. The fourth-order valence-electron chi connectivity index (χ4n) is 10.6. The molecule has 0 heterocycles. The second kappa shape index (κ2) is 63.5. The Balaban J connectivity index is 5.21. The van der Waals surface area contributed by atoms with Gasteiger partial charge in [0.1, 0.15) is 19.3 Å². The molecule has 0 radical (unpaired) electrons. The number of phosphoric ester groups is 2. The lowest BCUT2D eigenvalue weighted by Crippen LogP contribution is -2.30. The van der Waals surface area contributed by atoms with Crippen molar-refractivity contribution in [2.45, 2.75) is 380 Å². The van der Waals surface area contributed by atoms with Gasteiger partial charge in [-0.2, -0.15) is 0 Å². The van der Waals surface area contributed by atoms with Crippen molar-refractivity contribution in [2.24, 2.45) is 5.92 Å². The Bertz CT molecular complexity index is 1720. The van der Waals surface area contributed by atoms with Crippen molar-refractivity contribution in [2.75, 3.05) is 39.6 Å². The standard InChI is InChI=1S/C70H136O17P2/c1-6-9-12-15-18-21-23-25-26-27-28-29-31-35-41-46-51-56-70(75)87-66(60-81-68(73)54-49-44-39-36-32-33-37-42-47-52-63(4)5)62-85-89(78,79)83-58-64(71)57-82-88(76,77)84-61-65(59-80-67(72)53-48-43-38-20-17-14-11-8-3)86-69(74)55-50-45-40-34-30-24-22-19-16-13-10-7-2/h63-66,71H,6-62H2,1-5H3,(H,76,77)(H,78,79)/t64-,65+,66+/m0/s1. The molecule has 0 aliphatic heterocycles. The fraction of sp³-hybridized carbons (Fsp3) is 0.943. The molecule has 0 aromatic rings. The summed E-state index contributed by atoms with van der Waals surface area (Å²) in [6.07, 6.45) is 49.9. The zero-order valence-electron chi connectivity index (χ0n) is 57.6. The highest BCUT2D eigenvalue weighted by Crippen LogP contribution is 2.45. The summed E-state index contributed by atoms with van der Waals surface area (Å²) in [5.74, 6) is -1.38. The van der Waals surface area contributed by atoms with Gasteiger partial charge >= 0.3 is 39.5 Å². The number of aliphatic hydroxyl groups is 1. The van der Waals surface area contributed by atoms with Gasteiger partial charge < -0.3 is 33.8 Å². The van der Waals surface area contributed by atoms with Crippen LogP contribution in [0.4, 0.5) is 0 Å². The first-order valence-electron chi connectivity index (χ1n) is 36.6. The molecule has 2 unspecified atom stereocenters. The van der Waals surface area contributed by atoms with Crippen molar-refractivity contribution in [3.8, 4) is 0 Å². The zero-order chi connectivity index (χ0) is 65.6. The number of esters is 4. The summed E-state index contributed by atoms with van der Waals surface area (Å²) < 4.78 is 68.2. The smallest absolute Gasteiger partial charge is 0.462 e. The zero-order valence-corrected chi connectivity index (χ0v) is 59.4. The predicted molar refractivity (Wildman–Crippen MR) is 358 cm³/mol. The number of unbranched alkanes of at least 4 members (excludes halogenated alkanes) is 42. The molecule has 0 aromatic heterocycles. The van der Waals surface area contributed by atoms with Crippen LogP contribution in [0.3, 0.4) is 0 Å². The number of phosphoric acid groups is 2. The van der Waals surface area contributed by atoms with E-state index in [4.69, 9.17) is 37.0 Å². The van der Waals surface area contributed by atoms with E-state index >= 15 is 0 Å². The van der Waals surface area contributed by atoms with Crippen LogP contribution in [0.1, 0.15) is 362 Å². The number of carbonyl (C=O) groups excluding carboxylic acids is 4. The maximum absolute atomic E-state index is 13.0. The molecule has 0 bridgehead atoms. The third-order valence-corrected chi connectivity index (χ3v) is 18.2.